The van der Waals surface area contributed by atoms with Crippen molar-refractivity contribution in [2.75, 3.05) is 45.7 Å². The second kappa shape index (κ2) is 9.26. The van der Waals surface area contributed by atoms with Crippen LogP contribution in [-0.4, -0.2) is 63.9 Å². The minimum Gasteiger partial charge on any atom is -0.496 e. The molecule has 1 fully saturated rings. The molecular formula is C20H21ClF3N3O4S. The van der Waals surface area contributed by atoms with E-state index in [1.54, 1.807) is 0 Å². The number of nitrogens with one attached hydrogen (secondary N) is 1. The number of rotatable bonds is 5. The van der Waals surface area contributed by atoms with E-state index in [0.717, 1.165) is 12.1 Å². The number of ether oxygens (including phenoxy) is 1. The number of benzene rings is 2. The maximum Gasteiger partial charge on any atom is 0.417 e. The average molecular weight is 492 g/mol. The largest absolute Gasteiger partial charge is 0.496 e. The van der Waals surface area contributed by atoms with Crippen molar-refractivity contribution in [3.8, 4) is 5.75 Å². The van der Waals surface area contributed by atoms with Gasteiger partial charge in [-0.3, -0.25) is 4.79 Å². The molecule has 1 heterocycles. The van der Waals surface area contributed by atoms with Gasteiger partial charge in [0.25, 0.3) is 5.91 Å². The van der Waals surface area contributed by atoms with E-state index < -0.39 is 32.7 Å². The second-order valence-electron chi connectivity index (χ2n) is 7.22. The van der Waals surface area contributed by atoms with Gasteiger partial charge in [-0.1, -0.05) is 11.6 Å². The molecule has 3 rings (SSSR count). The first-order chi connectivity index (χ1) is 14.9. The quantitative estimate of drug-likeness (QED) is 0.692. The van der Waals surface area contributed by atoms with E-state index in [-0.39, 0.29) is 21.9 Å². The standard InChI is InChI=1S/C20H21ClF3N3O4S/c1-26-7-9-27(10-8-26)32(29,30)14-4-6-18(31-2)15(12-14)19(28)25-13-3-5-17(21)16(11-13)20(22,23)24/h3-6,11-12H,7-10H2,1-2H3,(H,25,28). The second-order valence-corrected chi connectivity index (χ2v) is 9.56. The SMILES string of the molecule is COc1ccc(S(=O)(=O)N2CCN(C)CC2)cc1C(=O)Nc1ccc(Cl)c(C(F)(F)F)c1. The van der Waals surface area contributed by atoms with Crippen molar-refractivity contribution in [3.63, 3.8) is 0 Å². The van der Waals surface area contributed by atoms with Crippen LogP contribution in [-0.2, 0) is 16.2 Å². The fourth-order valence-corrected chi connectivity index (χ4v) is 4.89. The molecule has 32 heavy (non-hydrogen) atoms. The van der Waals surface area contributed by atoms with Crippen LogP contribution in [0.3, 0.4) is 0 Å². The number of carbonyl (C=O) groups is 1. The van der Waals surface area contributed by atoms with E-state index in [2.05, 4.69) is 5.32 Å². The molecule has 1 amide bonds. The van der Waals surface area contributed by atoms with Crippen molar-refractivity contribution >= 4 is 33.2 Å². The Balaban J connectivity index is 1.91. The third-order valence-electron chi connectivity index (χ3n) is 5.05. The maximum absolute atomic E-state index is 13.1. The van der Waals surface area contributed by atoms with Gasteiger partial charge >= 0.3 is 6.18 Å². The zero-order chi connectivity index (χ0) is 23.7. The molecule has 1 N–H and O–H groups in total. The highest BCUT2D eigenvalue weighted by Crippen LogP contribution is 2.36. The predicted molar refractivity (Wildman–Crippen MR) is 114 cm³/mol. The Bertz CT molecular complexity index is 1120. The molecule has 174 valence electrons. The molecule has 1 aliphatic heterocycles. The monoisotopic (exact) mass is 491 g/mol. The molecule has 2 aromatic carbocycles. The number of hydrogen-bond donors (Lipinski definition) is 1. The van der Waals surface area contributed by atoms with Gasteiger partial charge in [-0.25, -0.2) is 8.42 Å². The average Bonchev–Trinajstić information content (AvgIpc) is 2.74. The first kappa shape index (κ1) is 24.3. The Labute approximate surface area is 188 Å². The van der Waals surface area contributed by atoms with Gasteiger partial charge in [0.1, 0.15) is 5.75 Å². The maximum atomic E-state index is 13.1. The fourth-order valence-electron chi connectivity index (χ4n) is 3.22. The Morgan fingerprint density at radius 3 is 2.34 bits per heavy atom. The van der Waals surface area contributed by atoms with E-state index in [1.165, 1.54) is 29.6 Å². The summed E-state index contributed by atoms with van der Waals surface area (Å²) in [5, 5.41) is 1.84. The minimum absolute atomic E-state index is 0.0739. The number of carbonyl (C=O) groups excluding carboxylic acids is 1. The molecule has 12 heteroatoms. The van der Waals surface area contributed by atoms with Gasteiger partial charge < -0.3 is 15.0 Å². The van der Waals surface area contributed by atoms with Gasteiger partial charge in [-0.2, -0.15) is 17.5 Å². The molecule has 0 spiro atoms. The van der Waals surface area contributed by atoms with Crippen molar-refractivity contribution < 1.29 is 31.1 Å². The van der Waals surface area contributed by atoms with Gasteiger partial charge in [-0.05, 0) is 43.4 Å². The number of likely N-dealkylation sites (N-methyl/N-ethyl adjacent to an activating group) is 1. The summed E-state index contributed by atoms with van der Waals surface area (Å²) in [6.45, 7) is 1.75. The Hall–Kier alpha value is -2.34. The number of nitrogens with zero attached hydrogens (tertiary/aromatic N) is 2. The number of methoxy groups -OCH3 is 1. The summed E-state index contributed by atoms with van der Waals surface area (Å²) in [5.41, 5.74) is -1.39. The first-order valence-electron chi connectivity index (χ1n) is 9.48. The molecule has 0 saturated carbocycles. The minimum atomic E-state index is -4.70. The summed E-state index contributed by atoms with van der Waals surface area (Å²) in [4.78, 5) is 14.7. The van der Waals surface area contributed by atoms with E-state index in [0.29, 0.717) is 32.2 Å². The zero-order valence-electron chi connectivity index (χ0n) is 17.2. The lowest BCUT2D eigenvalue weighted by molar-refractivity contribution is -0.137. The van der Waals surface area contributed by atoms with Crippen LogP contribution >= 0.6 is 11.6 Å². The number of amides is 1. The van der Waals surface area contributed by atoms with Crippen LogP contribution in [0.2, 0.25) is 5.02 Å². The van der Waals surface area contributed by atoms with E-state index >= 15 is 0 Å². The molecule has 0 bridgehead atoms. The van der Waals surface area contributed by atoms with Gasteiger partial charge in [0.2, 0.25) is 10.0 Å². The van der Waals surface area contributed by atoms with Gasteiger partial charge in [0.15, 0.2) is 0 Å². The topological polar surface area (TPSA) is 79.0 Å². The normalized spacial score (nSPS) is 16.1. The Morgan fingerprint density at radius 2 is 1.75 bits per heavy atom. The Kier molecular flexibility index (Phi) is 7.03. The molecule has 0 aliphatic carbocycles. The van der Waals surface area contributed by atoms with E-state index in [1.807, 2.05) is 11.9 Å². The third kappa shape index (κ3) is 5.17. The number of piperazine rings is 1. The number of anilines is 1. The molecule has 0 atom stereocenters. The predicted octanol–water partition coefficient (Wildman–Crippen LogP) is 3.56. The molecule has 1 saturated heterocycles. The van der Waals surface area contributed by atoms with Gasteiger partial charge in [0.05, 0.1) is 28.2 Å². The van der Waals surface area contributed by atoms with Crippen molar-refractivity contribution in [1.82, 2.24) is 9.21 Å². The summed E-state index contributed by atoms with van der Waals surface area (Å²) in [7, 11) is -0.680. The van der Waals surface area contributed by atoms with Crippen molar-refractivity contribution in [3.05, 3.63) is 52.5 Å². The summed E-state index contributed by atoms with van der Waals surface area (Å²) >= 11 is 5.61. The highest BCUT2D eigenvalue weighted by atomic mass is 35.5. The van der Waals surface area contributed by atoms with Crippen LogP contribution in [0.15, 0.2) is 41.3 Å². The fraction of sp³-hybridized carbons (Fsp3) is 0.350. The zero-order valence-corrected chi connectivity index (χ0v) is 18.8. The summed E-state index contributed by atoms with van der Waals surface area (Å²) in [5.74, 6) is -0.752. The lowest BCUT2D eigenvalue weighted by Crippen LogP contribution is -2.47. The van der Waals surface area contributed by atoms with Crippen LogP contribution in [0.4, 0.5) is 18.9 Å². The molecule has 2 aromatic rings. The highest BCUT2D eigenvalue weighted by Gasteiger charge is 2.34. The van der Waals surface area contributed by atoms with Gasteiger partial charge in [-0.15, -0.1) is 0 Å². The van der Waals surface area contributed by atoms with Crippen molar-refractivity contribution in [1.29, 1.82) is 0 Å². The third-order valence-corrected chi connectivity index (χ3v) is 7.27. The van der Waals surface area contributed by atoms with Crippen LogP contribution < -0.4 is 10.1 Å². The van der Waals surface area contributed by atoms with Crippen LogP contribution in [0.25, 0.3) is 0 Å². The van der Waals surface area contributed by atoms with Crippen molar-refractivity contribution in [2.45, 2.75) is 11.1 Å². The first-order valence-corrected chi connectivity index (χ1v) is 11.3. The Morgan fingerprint density at radius 1 is 1.09 bits per heavy atom. The van der Waals surface area contributed by atoms with Crippen LogP contribution in [0.5, 0.6) is 5.75 Å². The van der Waals surface area contributed by atoms with Gasteiger partial charge in [0, 0.05) is 31.9 Å². The molecule has 7 nitrogen and oxygen atoms in total. The summed E-state index contributed by atoms with van der Waals surface area (Å²) in [6.07, 6.45) is -4.70. The number of sulfonamides is 1. The molecule has 1 aliphatic rings. The molecule has 0 unspecified atom stereocenters. The number of alkyl halides is 3. The van der Waals surface area contributed by atoms with E-state index in [9.17, 15) is 26.4 Å². The molecule has 0 radical (unpaired) electrons. The van der Waals surface area contributed by atoms with E-state index in [4.69, 9.17) is 16.3 Å². The summed E-state index contributed by atoms with van der Waals surface area (Å²) in [6, 6.07) is 6.76. The van der Waals surface area contributed by atoms with Crippen molar-refractivity contribution in [2.24, 2.45) is 0 Å². The number of halogens is 4. The van der Waals surface area contributed by atoms with Crippen LogP contribution in [0.1, 0.15) is 15.9 Å². The lowest BCUT2D eigenvalue weighted by Gasteiger charge is -2.31. The number of hydrogen-bond acceptors (Lipinski definition) is 5. The van der Waals surface area contributed by atoms with Crippen LogP contribution in [0, 0.1) is 0 Å². The lowest BCUT2D eigenvalue weighted by atomic mass is 10.1. The molecular weight excluding hydrogens is 471 g/mol. The highest BCUT2D eigenvalue weighted by molar-refractivity contribution is 7.89. The molecule has 0 aromatic heterocycles. The smallest absolute Gasteiger partial charge is 0.417 e. The summed E-state index contributed by atoms with van der Waals surface area (Å²) < 4.78 is 71.8.